The molecule has 1 aromatic heterocycles. The maximum Gasteiger partial charge on any atom is 0.315 e. The quantitative estimate of drug-likeness (QED) is 0.754. The summed E-state index contributed by atoms with van der Waals surface area (Å²) in [5.74, 6) is 0. The van der Waals surface area contributed by atoms with Crippen molar-refractivity contribution in [2.24, 2.45) is 0 Å². The smallest absolute Gasteiger partial charge is 0.315 e. The number of aryl methyl sites for hydroxylation is 1. The second-order valence-electron chi connectivity index (χ2n) is 5.23. The highest BCUT2D eigenvalue weighted by Gasteiger charge is 2.07. The minimum Gasteiger partial charge on any atom is -0.338 e. The van der Waals surface area contributed by atoms with Crippen molar-refractivity contribution >= 4 is 17.4 Å². The van der Waals surface area contributed by atoms with Crippen LogP contribution < -0.4 is 10.6 Å². The Labute approximate surface area is 130 Å². The fourth-order valence-electron chi connectivity index (χ4n) is 2.23. The van der Waals surface area contributed by atoms with Gasteiger partial charge in [-0.05, 0) is 54.1 Å². The van der Waals surface area contributed by atoms with Gasteiger partial charge in [0.25, 0.3) is 0 Å². The molecule has 0 aliphatic heterocycles. The molecule has 0 fully saturated rings. The van der Waals surface area contributed by atoms with Gasteiger partial charge >= 0.3 is 6.03 Å². The summed E-state index contributed by atoms with van der Waals surface area (Å²) < 4.78 is 0. The first-order chi connectivity index (χ1) is 10.2. The summed E-state index contributed by atoms with van der Waals surface area (Å²) in [7, 11) is 0. The molecule has 0 saturated heterocycles. The first-order valence-electron chi connectivity index (χ1n) is 7.33. The monoisotopic (exact) mass is 302 g/mol. The van der Waals surface area contributed by atoms with E-state index in [1.165, 1.54) is 11.1 Å². The lowest BCUT2D eigenvalue weighted by atomic mass is 10.1. The van der Waals surface area contributed by atoms with Gasteiger partial charge in [0, 0.05) is 12.6 Å². The molecule has 1 aromatic carbocycles. The molecule has 0 unspecified atom stereocenters. The largest absolute Gasteiger partial charge is 0.338 e. The summed E-state index contributed by atoms with van der Waals surface area (Å²) in [6.07, 6.45) is 2.82. The van der Waals surface area contributed by atoms with Gasteiger partial charge in [-0.25, -0.2) is 4.79 Å². The molecule has 1 atom stereocenters. The second-order valence-corrected chi connectivity index (χ2v) is 6.01. The summed E-state index contributed by atoms with van der Waals surface area (Å²) >= 11 is 1.69. The Morgan fingerprint density at radius 2 is 2.00 bits per heavy atom. The van der Waals surface area contributed by atoms with E-state index in [4.69, 9.17) is 0 Å². The summed E-state index contributed by atoms with van der Waals surface area (Å²) in [5, 5.41) is 10.1. The lowest BCUT2D eigenvalue weighted by Gasteiger charge is -2.14. The molecule has 3 nitrogen and oxygen atoms in total. The van der Waals surface area contributed by atoms with E-state index in [9.17, 15) is 4.79 Å². The fraction of sp³-hybridized carbons (Fsp3) is 0.353. The number of amides is 2. The van der Waals surface area contributed by atoms with E-state index in [0.717, 1.165) is 19.3 Å². The molecule has 0 spiro atoms. The highest BCUT2D eigenvalue weighted by Crippen LogP contribution is 2.08. The Balaban J connectivity index is 1.59. The third-order valence-corrected chi connectivity index (χ3v) is 4.00. The van der Waals surface area contributed by atoms with Crippen LogP contribution in [0.15, 0.2) is 47.2 Å². The SMILES string of the molecule is C[C@@H](Cc1ccsc1)NC(=O)NCCCc1ccccc1. The Morgan fingerprint density at radius 1 is 1.19 bits per heavy atom. The van der Waals surface area contributed by atoms with E-state index in [0.29, 0.717) is 6.54 Å². The summed E-state index contributed by atoms with van der Waals surface area (Å²) in [6.45, 7) is 2.73. The van der Waals surface area contributed by atoms with Crippen LogP contribution in [0.5, 0.6) is 0 Å². The minimum absolute atomic E-state index is 0.0780. The van der Waals surface area contributed by atoms with Crippen LogP contribution in [0.4, 0.5) is 4.79 Å². The number of thiophene rings is 1. The van der Waals surface area contributed by atoms with Crippen molar-refractivity contribution in [2.45, 2.75) is 32.2 Å². The molecule has 0 aliphatic carbocycles. The normalized spacial score (nSPS) is 11.9. The highest BCUT2D eigenvalue weighted by atomic mass is 32.1. The molecule has 2 amide bonds. The number of urea groups is 1. The molecule has 2 aromatic rings. The van der Waals surface area contributed by atoms with Crippen LogP contribution >= 0.6 is 11.3 Å². The van der Waals surface area contributed by atoms with Crippen molar-refractivity contribution in [1.82, 2.24) is 10.6 Å². The standard InChI is InChI=1S/C17H22N2OS/c1-14(12-16-9-11-21-13-16)19-17(20)18-10-5-8-15-6-3-2-4-7-15/h2-4,6-7,9,11,13-14H,5,8,10,12H2,1H3,(H2,18,19,20)/t14-/m0/s1. The number of hydrogen-bond acceptors (Lipinski definition) is 2. The van der Waals surface area contributed by atoms with Crippen LogP contribution in [-0.2, 0) is 12.8 Å². The van der Waals surface area contributed by atoms with Crippen LogP contribution in [-0.4, -0.2) is 18.6 Å². The van der Waals surface area contributed by atoms with Crippen molar-refractivity contribution in [1.29, 1.82) is 0 Å². The van der Waals surface area contributed by atoms with Crippen LogP contribution in [0, 0.1) is 0 Å². The van der Waals surface area contributed by atoms with Gasteiger partial charge in [-0.2, -0.15) is 11.3 Å². The first-order valence-corrected chi connectivity index (χ1v) is 8.27. The molecule has 1 heterocycles. The van der Waals surface area contributed by atoms with Gasteiger partial charge in [0.2, 0.25) is 0 Å². The van der Waals surface area contributed by atoms with E-state index in [2.05, 4.69) is 39.6 Å². The zero-order chi connectivity index (χ0) is 14.9. The van der Waals surface area contributed by atoms with Crippen molar-refractivity contribution < 1.29 is 4.79 Å². The number of carbonyl (C=O) groups excluding carboxylic acids is 1. The Bertz CT molecular complexity index is 525. The van der Waals surface area contributed by atoms with Gasteiger partial charge < -0.3 is 10.6 Å². The molecular weight excluding hydrogens is 280 g/mol. The Morgan fingerprint density at radius 3 is 2.71 bits per heavy atom. The molecule has 0 bridgehead atoms. The molecule has 112 valence electrons. The number of carbonyl (C=O) groups is 1. The lowest BCUT2D eigenvalue weighted by Crippen LogP contribution is -2.42. The predicted molar refractivity (Wildman–Crippen MR) is 88.8 cm³/mol. The molecule has 4 heteroatoms. The highest BCUT2D eigenvalue weighted by molar-refractivity contribution is 7.07. The third kappa shape index (κ3) is 6.00. The Kier molecular flexibility index (Phi) is 6.28. The number of hydrogen-bond donors (Lipinski definition) is 2. The number of benzene rings is 1. The summed E-state index contributed by atoms with van der Waals surface area (Å²) in [5.41, 5.74) is 2.59. The van der Waals surface area contributed by atoms with Gasteiger partial charge in [0.1, 0.15) is 0 Å². The lowest BCUT2D eigenvalue weighted by molar-refractivity contribution is 0.237. The van der Waals surface area contributed by atoms with E-state index in [1.54, 1.807) is 11.3 Å². The van der Waals surface area contributed by atoms with E-state index < -0.39 is 0 Å². The molecule has 2 rings (SSSR count). The molecule has 0 saturated carbocycles. The van der Waals surface area contributed by atoms with Crippen molar-refractivity contribution in [2.75, 3.05) is 6.54 Å². The van der Waals surface area contributed by atoms with E-state index in [1.807, 2.05) is 25.1 Å². The van der Waals surface area contributed by atoms with Gasteiger partial charge in [-0.1, -0.05) is 30.3 Å². The average molecular weight is 302 g/mol. The summed E-state index contributed by atoms with van der Waals surface area (Å²) in [4.78, 5) is 11.8. The number of rotatable bonds is 7. The fourth-order valence-corrected chi connectivity index (χ4v) is 2.91. The summed E-state index contributed by atoms with van der Waals surface area (Å²) in [6, 6.07) is 12.5. The maximum absolute atomic E-state index is 11.8. The van der Waals surface area contributed by atoms with Crippen molar-refractivity contribution in [3.63, 3.8) is 0 Å². The van der Waals surface area contributed by atoms with Gasteiger partial charge in [0.05, 0.1) is 0 Å². The van der Waals surface area contributed by atoms with E-state index >= 15 is 0 Å². The van der Waals surface area contributed by atoms with Gasteiger partial charge in [-0.15, -0.1) is 0 Å². The predicted octanol–water partition coefficient (Wildman–Crippen LogP) is 3.61. The van der Waals surface area contributed by atoms with E-state index in [-0.39, 0.29) is 12.1 Å². The van der Waals surface area contributed by atoms with Crippen molar-refractivity contribution in [3.8, 4) is 0 Å². The zero-order valence-electron chi connectivity index (χ0n) is 12.3. The third-order valence-electron chi connectivity index (χ3n) is 3.27. The van der Waals surface area contributed by atoms with Crippen LogP contribution in [0.25, 0.3) is 0 Å². The zero-order valence-corrected chi connectivity index (χ0v) is 13.2. The van der Waals surface area contributed by atoms with Crippen LogP contribution in [0.3, 0.4) is 0 Å². The van der Waals surface area contributed by atoms with Crippen LogP contribution in [0.2, 0.25) is 0 Å². The van der Waals surface area contributed by atoms with Crippen LogP contribution in [0.1, 0.15) is 24.5 Å². The topological polar surface area (TPSA) is 41.1 Å². The average Bonchev–Trinajstić information content (AvgIpc) is 2.97. The maximum atomic E-state index is 11.8. The second kappa shape index (κ2) is 8.47. The number of nitrogens with one attached hydrogen (secondary N) is 2. The van der Waals surface area contributed by atoms with Gasteiger partial charge in [0.15, 0.2) is 0 Å². The molecule has 0 aliphatic rings. The van der Waals surface area contributed by atoms with Gasteiger partial charge in [-0.3, -0.25) is 0 Å². The van der Waals surface area contributed by atoms with Crippen molar-refractivity contribution in [3.05, 3.63) is 58.3 Å². The molecular formula is C17H22N2OS. The molecule has 0 radical (unpaired) electrons. The Hall–Kier alpha value is -1.81. The molecule has 21 heavy (non-hydrogen) atoms. The minimum atomic E-state index is -0.0780. The molecule has 2 N–H and O–H groups in total. The first kappa shape index (κ1) is 15.6.